The molecule has 1 aliphatic heterocycles. The number of aromatic nitrogens is 4. The maximum absolute atomic E-state index is 12.8. The van der Waals surface area contributed by atoms with Gasteiger partial charge in [0, 0.05) is 0 Å². The highest BCUT2D eigenvalue weighted by Gasteiger charge is 2.41. The van der Waals surface area contributed by atoms with E-state index in [4.69, 9.17) is 8.83 Å². The van der Waals surface area contributed by atoms with Gasteiger partial charge in [0.2, 0.25) is 0 Å². The lowest BCUT2D eigenvalue weighted by Gasteiger charge is -2.22. The van der Waals surface area contributed by atoms with E-state index in [1.165, 1.54) is 12.5 Å². The van der Waals surface area contributed by atoms with Crippen LogP contribution in [0.25, 0.3) is 0 Å². The Bertz CT molecular complexity index is 1310. The fourth-order valence-corrected chi connectivity index (χ4v) is 3.79. The number of anilines is 2. The molecule has 2 atom stereocenters. The third-order valence-corrected chi connectivity index (χ3v) is 4.86. The van der Waals surface area contributed by atoms with E-state index in [-0.39, 0.29) is 22.8 Å². The topological polar surface area (TPSA) is 170 Å². The molecule has 0 fully saturated rings. The zero-order chi connectivity index (χ0) is 20.1. The monoisotopic (exact) mass is 395 g/mol. The molecule has 11 heteroatoms. The summed E-state index contributed by atoms with van der Waals surface area (Å²) in [6.45, 7) is 0. The molecule has 0 aliphatic carbocycles. The van der Waals surface area contributed by atoms with Crippen LogP contribution < -0.4 is 27.8 Å². The lowest BCUT2D eigenvalue weighted by atomic mass is 9.80. The molecular weight excluding hydrogens is 382 g/mol. The highest BCUT2D eigenvalue weighted by Crippen LogP contribution is 2.46. The Morgan fingerprint density at radius 2 is 1.10 bits per heavy atom. The number of furan rings is 2. The van der Waals surface area contributed by atoms with Gasteiger partial charge in [-0.15, -0.1) is 0 Å². The largest absolute Gasteiger partial charge is 0.469 e. The van der Waals surface area contributed by atoms with Crippen LogP contribution in [0, 0.1) is 0 Å². The van der Waals surface area contributed by atoms with Crippen LogP contribution >= 0.6 is 0 Å². The average Bonchev–Trinajstić information content (AvgIpc) is 3.33. The molecule has 0 amide bonds. The number of fused-ring (bicyclic) bond motifs is 2. The summed E-state index contributed by atoms with van der Waals surface area (Å²) >= 11 is 0. The number of aromatic amines is 4. The normalized spacial score (nSPS) is 17.8. The quantitative estimate of drug-likeness (QED) is 0.332. The Morgan fingerprint density at radius 1 is 0.655 bits per heavy atom. The fourth-order valence-electron chi connectivity index (χ4n) is 3.79. The average molecular weight is 395 g/mol. The SMILES string of the molecule is O=c1[nH]c2c(c(=O)[nH]1)C(c1ccco1)C(c1ccco1)c1c([nH]c(=O)[nH]c1=O)N2. The van der Waals surface area contributed by atoms with Crippen LogP contribution in [-0.2, 0) is 0 Å². The van der Waals surface area contributed by atoms with E-state index in [9.17, 15) is 19.2 Å². The molecule has 29 heavy (non-hydrogen) atoms. The van der Waals surface area contributed by atoms with Gasteiger partial charge in [-0.25, -0.2) is 9.59 Å². The molecule has 4 aromatic heterocycles. The number of rotatable bonds is 2. The second-order valence-corrected chi connectivity index (χ2v) is 6.51. The summed E-state index contributed by atoms with van der Waals surface area (Å²) in [7, 11) is 0. The summed E-state index contributed by atoms with van der Waals surface area (Å²) in [5, 5.41) is 2.82. The summed E-state index contributed by atoms with van der Waals surface area (Å²) in [5.74, 6) is -0.871. The minimum Gasteiger partial charge on any atom is -0.469 e. The van der Waals surface area contributed by atoms with Crippen molar-refractivity contribution in [3.05, 3.63) is 101 Å². The van der Waals surface area contributed by atoms with Crippen LogP contribution in [0.15, 0.2) is 64.8 Å². The Balaban J connectivity index is 1.95. The van der Waals surface area contributed by atoms with E-state index in [0.717, 1.165) is 0 Å². The molecule has 0 saturated heterocycles. The fraction of sp³-hybridized carbons (Fsp3) is 0.111. The molecule has 5 N–H and O–H groups in total. The van der Waals surface area contributed by atoms with E-state index in [1.54, 1.807) is 24.3 Å². The van der Waals surface area contributed by atoms with Gasteiger partial charge in [0.05, 0.1) is 35.5 Å². The van der Waals surface area contributed by atoms with E-state index < -0.39 is 34.3 Å². The first-order chi connectivity index (χ1) is 14.0. The second-order valence-electron chi connectivity index (χ2n) is 6.51. The highest BCUT2D eigenvalue weighted by atomic mass is 16.3. The van der Waals surface area contributed by atoms with E-state index in [0.29, 0.717) is 11.5 Å². The maximum Gasteiger partial charge on any atom is 0.327 e. The Hall–Kier alpha value is -4.28. The van der Waals surface area contributed by atoms with Gasteiger partial charge in [0.15, 0.2) is 0 Å². The third kappa shape index (κ3) is 2.59. The summed E-state index contributed by atoms with van der Waals surface area (Å²) in [5.41, 5.74) is -2.58. The van der Waals surface area contributed by atoms with Gasteiger partial charge in [0.1, 0.15) is 23.2 Å². The van der Waals surface area contributed by atoms with Gasteiger partial charge in [-0.1, -0.05) is 0 Å². The summed E-state index contributed by atoms with van der Waals surface area (Å²) in [6, 6.07) is 6.59. The van der Waals surface area contributed by atoms with Crippen molar-refractivity contribution in [1.82, 2.24) is 19.9 Å². The molecule has 2 unspecified atom stereocenters. The summed E-state index contributed by atoms with van der Waals surface area (Å²) in [6.07, 6.45) is 2.87. The van der Waals surface area contributed by atoms with E-state index in [1.807, 2.05) is 0 Å². The second kappa shape index (κ2) is 6.12. The van der Waals surface area contributed by atoms with Crippen LogP contribution in [0.1, 0.15) is 34.5 Å². The standard InChI is InChI=1S/C18H13N5O6/c24-15-11-9(7-3-1-5-28-7)10(8-4-2-6-29-8)12-14(21-18(27)23-16(12)25)19-13(11)20-17(26)22-15/h1-6,9-10H,(H5,19,20,21,22,23,24,25,26,27). The third-order valence-electron chi connectivity index (χ3n) is 4.86. The van der Waals surface area contributed by atoms with Crippen molar-refractivity contribution in [3.63, 3.8) is 0 Å². The zero-order valence-electron chi connectivity index (χ0n) is 14.6. The predicted octanol–water partition coefficient (Wildman–Crippen LogP) is 0.647. The summed E-state index contributed by atoms with van der Waals surface area (Å²) < 4.78 is 11.2. The van der Waals surface area contributed by atoms with Gasteiger partial charge in [-0.3, -0.25) is 29.5 Å². The lowest BCUT2D eigenvalue weighted by Crippen LogP contribution is -2.31. The molecule has 0 aromatic carbocycles. The van der Waals surface area contributed by atoms with Crippen molar-refractivity contribution in [2.45, 2.75) is 11.8 Å². The van der Waals surface area contributed by atoms with Crippen molar-refractivity contribution < 1.29 is 8.83 Å². The molecule has 1 aliphatic rings. The molecule has 146 valence electrons. The van der Waals surface area contributed by atoms with Crippen LogP contribution in [0.2, 0.25) is 0 Å². The van der Waals surface area contributed by atoms with Gasteiger partial charge in [0.25, 0.3) is 11.1 Å². The molecule has 5 heterocycles. The maximum atomic E-state index is 12.8. The predicted molar refractivity (Wildman–Crippen MR) is 99.8 cm³/mol. The molecular formula is C18H13N5O6. The number of hydrogen-bond donors (Lipinski definition) is 5. The van der Waals surface area contributed by atoms with Crippen molar-refractivity contribution in [1.29, 1.82) is 0 Å². The number of hydrogen-bond acceptors (Lipinski definition) is 7. The molecule has 5 rings (SSSR count). The first-order valence-electron chi connectivity index (χ1n) is 8.59. The number of nitrogens with one attached hydrogen (secondary N) is 5. The van der Waals surface area contributed by atoms with Crippen molar-refractivity contribution in [2.75, 3.05) is 5.32 Å². The highest BCUT2D eigenvalue weighted by molar-refractivity contribution is 5.65. The van der Waals surface area contributed by atoms with Gasteiger partial charge >= 0.3 is 11.4 Å². The first kappa shape index (κ1) is 16.9. The van der Waals surface area contributed by atoms with Crippen molar-refractivity contribution in [2.24, 2.45) is 0 Å². The Kier molecular flexibility index (Phi) is 3.56. The number of H-pyrrole nitrogens is 4. The van der Waals surface area contributed by atoms with Crippen LogP contribution in [0.5, 0.6) is 0 Å². The molecule has 11 nitrogen and oxygen atoms in total. The summed E-state index contributed by atoms with van der Waals surface area (Å²) in [4.78, 5) is 58.8. The molecule has 0 radical (unpaired) electrons. The lowest BCUT2D eigenvalue weighted by molar-refractivity contribution is 0.421. The Labute approximate surface area is 159 Å². The zero-order valence-corrected chi connectivity index (χ0v) is 14.6. The Morgan fingerprint density at radius 3 is 1.48 bits per heavy atom. The van der Waals surface area contributed by atoms with Gasteiger partial charge in [-0.05, 0) is 24.3 Å². The van der Waals surface area contributed by atoms with E-state index in [2.05, 4.69) is 25.3 Å². The molecule has 0 bridgehead atoms. The minimum atomic E-state index is -0.840. The van der Waals surface area contributed by atoms with Crippen LogP contribution in [0.3, 0.4) is 0 Å². The van der Waals surface area contributed by atoms with Crippen LogP contribution in [0.4, 0.5) is 11.6 Å². The van der Waals surface area contributed by atoms with Gasteiger partial charge < -0.3 is 14.2 Å². The van der Waals surface area contributed by atoms with E-state index >= 15 is 0 Å². The van der Waals surface area contributed by atoms with Gasteiger partial charge in [-0.2, -0.15) is 0 Å². The molecule has 4 aromatic rings. The first-order valence-corrected chi connectivity index (χ1v) is 8.59. The van der Waals surface area contributed by atoms with Crippen LogP contribution in [-0.4, -0.2) is 19.9 Å². The smallest absolute Gasteiger partial charge is 0.327 e. The van der Waals surface area contributed by atoms with Crippen molar-refractivity contribution in [3.8, 4) is 0 Å². The molecule has 0 saturated carbocycles. The minimum absolute atomic E-state index is 0.0386. The van der Waals surface area contributed by atoms with Crippen molar-refractivity contribution >= 4 is 11.6 Å². The molecule has 0 spiro atoms.